The van der Waals surface area contributed by atoms with Crippen LogP contribution in [0.1, 0.15) is 36.6 Å². The van der Waals surface area contributed by atoms with Crippen LogP contribution in [-0.2, 0) is 25.9 Å². The minimum atomic E-state index is -0.983. The molecular formula is C19H18O3. The fourth-order valence-electron chi connectivity index (χ4n) is 3.14. The third-order valence-electron chi connectivity index (χ3n) is 4.42. The average molecular weight is 294 g/mol. The molecule has 3 nitrogen and oxygen atoms in total. The molecule has 0 aromatic heterocycles. The predicted molar refractivity (Wildman–Crippen MR) is 82.7 cm³/mol. The first-order valence-electron chi connectivity index (χ1n) is 7.53. The summed E-state index contributed by atoms with van der Waals surface area (Å²) >= 11 is 0. The summed E-state index contributed by atoms with van der Waals surface area (Å²) in [5, 5.41) is 0. The third kappa shape index (κ3) is 1.94. The van der Waals surface area contributed by atoms with Crippen LogP contribution in [0.2, 0.25) is 0 Å². The highest BCUT2D eigenvalue weighted by molar-refractivity contribution is 5.45. The van der Waals surface area contributed by atoms with Crippen molar-refractivity contribution in [3.05, 3.63) is 83.4 Å². The van der Waals surface area contributed by atoms with Crippen molar-refractivity contribution in [3.8, 4) is 0 Å². The van der Waals surface area contributed by atoms with Crippen LogP contribution in [0, 0.1) is 0 Å². The minimum absolute atomic E-state index is 0.120. The van der Waals surface area contributed by atoms with Crippen LogP contribution in [0.4, 0.5) is 0 Å². The van der Waals surface area contributed by atoms with E-state index in [9.17, 15) is 0 Å². The van der Waals surface area contributed by atoms with Crippen LogP contribution < -0.4 is 0 Å². The Kier molecular flexibility index (Phi) is 2.98. The first-order chi connectivity index (χ1) is 10.6. The van der Waals surface area contributed by atoms with Crippen LogP contribution in [-0.4, -0.2) is 0 Å². The van der Waals surface area contributed by atoms with Gasteiger partial charge in [-0.25, -0.2) is 4.89 Å². The lowest BCUT2D eigenvalue weighted by molar-refractivity contribution is -0.478. The second-order valence-corrected chi connectivity index (χ2v) is 5.99. The van der Waals surface area contributed by atoms with Crippen molar-refractivity contribution in [2.24, 2.45) is 0 Å². The van der Waals surface area contributed by atoms with Crippen LogP contribution in [0.25, 0.3) is 0 Å². The van der Waals surface area contributed by atoms with E-state index in [1.165, 1.54) is 0 Å². The number of hydrogen-bond donors (Lipinski definition) is 0. The van der Waals surface area contributed by atoms with E-state index in [2.05, 4.69) is 6.07 Å². The smallest absolute Gasteiger partial charge is 0.248 e. The molecule has 3 atom stereocenters. The van der Waals surface area contributed by atoms with Gasteiger partial charge in [0.2, 0.25) is 5.79 Å². The van der Waals surface area contributed by atoms with Gasteiger partial charge in [-0.15, -0.1) is 0 Å². The Morgan fingerprint density at radius 2 is 1.55 bits per heavy atom. The fraction of sp³-hybridized carbons (Fsp3) is 0.263. The second-order valence-electron chi connectivity index (χ2n) is 5.99. The quantitative estimate of drug-likeness (QED) is 0.621. The molecule has 2 heterocycles. The number of hydrogen-bond acceptors (Lipinski definition) is 3. The average Bonchev–Trinajstić information content (AvgIpc) is 2.58. The number of benzene rings is 2. The molecule has 0 saturated carbocycles. The van der Waals surface area contributed by atoms with Crippen LogP contribution in [0.5, 0.6) is 0 Å². The van der Waals surface area contributed by atoms with Gasteiger partial charge in [-0.2, -0.15) is 4.89 Å². The standard InChI is InChI=1S/C19H18O3/c1-14(15-8-4-3-5-9-15)20-19-13-12-18(2,21-22-19)16-10-6-7-11-17(16)19/h3-14H,1-2H3/t14-,18?,19?/m0/s1. The summed E-state index contributed by atoms with van der Waals surface area (Å²) in [6.07, 6.45) is 3.85. The fourth-order valence-corrected chi connectivity index (χ4v) is 3.14. The highest BCUT2D eigenvalue weighted by Gasteiger charge is 2.51. The summed E-state index contributed by atoms with van der Waals surface area (Å²) < 4.78 is 6.29. The molecule has 112 valence electrons. The van der Waals surface area contributed by atoms with Crippen LogP contribution >= 0.6 is 0 Å². The Labute approximate surface area is 130 Å². The highest BCUT2D eigenvalue weighted by atomic mass is 17.2. The van der Waals surface area contributed by atoms with Gasteiger partial charge < -0.3 is 4.74 Å². The van der Waals surface area contributed by atoms with E-state index in [0.29, 0.717) is 0 Å². The molecule has 2 aliphatic heterocycles. The van der Waals surface area contributed by atoms with Crippen molar-refractivity contribution in [1.82, 2.24) is 0 Å². The first-order valence-corrected chi connectivity index (χ1v) is 7.53. The normalized spacial score (nSPS) is 30.1. The van der Waals surface area contributed by atoms with Gasteiger partial charge in [0.1, 0.15) is 5.60 Å². The molecule has 2 aromatic rings. The zero-order valence-corrected chi connectivity index (χ0v) is 12.7. The van der Waals surface area contributed by atoms with Crippen molar-refractivity contribution in [3.63, 3.8) is 0 Å². The zero-order valence-electron chi connectivity index (χ0n) is 12.7. The Balaban J connectivity index is 1.74. The molecule has 3 aliphatic rings. The van der Waals surface area contributed by atoms with E-state index in [1.807, 2.05) is 74.5 Å². The van der Waals surface area contributed by atoms with Gasteiger partial charge in [0, 0.05) is 5.56 Å². The lowest BCUT2D eigenvalue weighted by atomic mass is 9.81. The van der Waals surface area contributed by atoms with Crippen molar-refractivity contribution in [2.45, 2.75) is 31.3 Å². The first kappa shape index (κ1) is 13.7. The van der Waals surface area contributed by atoms with Gasteiger partial charge in [-0.3, -0.25) is 0 Å². The van der Waals surface area contributed by atoms with Gasteiger partial charge >= 0.3 is 0 Å². The van der Waals surface area contributed by atoms with Crippen molar-refractivity contribution < 1.29 is 14.5 Å². The highest BCUT2D eigenvalue weighted by Crippen LogP contribution is 2.50. The number of ether oxygens (including phenoxy) is 1. The largest absolute Gasteiger partial charge is 0.333 e. The maximum absolute atomic E-state index is 6.29. The van der Waals surface area contributed by atoms with E-state index in [4.69, 9.17) is 14.5 Å². The Morgan fingerprint density at radius 1 is 0.864 bits per heavy atom. The van der Waals surface area contributed by atoms with Gasteiger partial charge in [0.05, 0.1) is 6.10 Å². The van der Waals surface area contributed by atoms with Gasteiger partial charge in [0.15, 0.2) is 0 Å². The summed E-state index contributed by atoms with van der Waals surface area (Å²) in [6.45, 7) is 4.01. The lowest BCUT2D eigenvalue weighted by Crippen LogP contribution is -2.47. The summed E-state index contributed by atoms with van der Waals surface area (Å²) in [6, 6.07) is 18.2. The maximum Gasteiger partial charge on any atom is 0.248 e. The number of rotatable bonds is 3. The number of fused-ring (bicyclic) bond motifs is 1. The topological polar surface area (TPSA) is 27.7 Å². The Hall–Kier alpha value is -1.94. The molecule has 5 rings (SSSR count). The van der Waals surface area contributed by atoms with E-state index in [0.717, 1.165) is 16.7 Å². The molecule has 2 unspecified atom stereocenters. The molecule has 3 heteroatoms. The van der Waals surface area contributed by atoms with Gasteiger partial charge in [-0.05, 0) is 37.1 Å². The van der Waals surface area contributed by atoms with Crippen LogP contribution in [0.15, 0.2) is 66.7 Å². The van der Waals surface area contributed by atoms with E-state index >= 15 is 0 Å². The monoisotopic (exact) mass is 294 g/mol. The molecule has 0 spiro atoms. The molecular weight excluding hydrogens is 276 g/mol. The Bertz CT molecular complexity index is 724. The molecule has 0 saturated heterocycles. The summed E-state index contributed by atoms with van der Waals surface area (Å²) in [5.41, 5.74) is 2.65. The van der Waals surface area contributed by atoms with E-state index in [-0.39, 0.29) is 6.10 Å². The minimum Gasteiger partial charge on any atom is -0.333 e. The second kappa shape index (κ2) is 4.78. The van der Waals surface area contributed by atoms with E-state index < -0.39 is 11.4 Å². The SMILES string of the molecule is C[C@H](OC12C=CC(C)(OO1)c1ccccc12)c1ccccc1. The zero-order chi connectivity index (χ0) is 15.2. The summed E-state index contributed by atoms with van der Waals surface area (Å²) in [5.74, 6) is -0.983. The van der Waals surface area contributed by atoms with Crippen molar-refractivity contribution in [1.29, 1.82) is 0 Å². The molecule has 0 radical (unpaired) electrons. The molecule has 2 aromatic carbocycles. The molecule has 0 N–H and O–H groups in total. The molecule has 1 aliphatic carbocycles. The molecule has 22 heavy (non-hydrogen) atoms. The molecule has 0 fully saturated rings. The van der Waals surface area contributed by atoms with Crippen LogP contribution in [0.3, 0.4) is 0 Å². The molecule has 2 bridgehead atoms. The maximum atomic E-state index is 6.29. The van der Waals surface area contributed by atoms with Gasteiger partial charge in [-0.1, -0.05) is 54.6 Å². The summed E-state index contributed by atoms with van der Waals surface area (Å²) in [7, 11) is 0. The third-order valence-corrected chi connectivity index (χ3v) is 4.42. The van der Waals surface area contributed by atoms with E-state index in [1.54, 1.807) is 0 Å². The van der Waals surface area contributed by atoms with Crippen molar-refractivity contribution in [2.75, 3.05) is 0 Å². The van der Waals surface area contributed by atoms with Crippen molar-refractivity contribution >= 4 is 0 Å². The predicted octanol–water partition coefficient (Wildman–Crippen LogP) is 4.36. The van der Waals surface area contributed by atoms with Gasteiger partial charge in [0.25, 0.3) is 0 Å². The molecule has 0 amide bonds. The lowest BCUT2D eigenvalue weighted by Gasteiger charge is -2.47. The summed E-state index contributed by atoms with van der Waals surface area (Å²) in [4.78, 5) is 11.3. The Morgan fingerprint density at radius 3 is 2.23 bits per heavy atom.